The third kappa shape index (κ3) is 4.41. The summed E-state index contributed by atoms with van der Waals surface area (Å²) in [4.78, 5) is 11.6. The van der Waals surface area contributed by atoms with Crippen LogP contribution in [0, 0.1) is 0 Å². The van der Waals surface area contributed by atoms with Crippen molar-refractivity contribution in [3.63, 3.8) is 0 Å². The minimum atomic E-state index is -0.825. The Hall–Kier alpha value is -1.23. The van der Waals surface area contributed by atoms with Crippen molar-refractivity contribution in [2.24, 2.45) is 0 Å². The molecular weight excluding hydrogens is 274 g/mol. The van der Waals surface area contributed by atoms with Crippen LogP contribution in [0.2, 0.25) is 6.82 Å². The first kappa shape index (κ1) is 15.2. The van der Waals surface area contributed by atoms with E-state index in [2.05, 4.69) is 0 Å². The van der Waals surface area contributed by atoms with Crippen LogP contribution in [0.25, 0.3) is 6.08 Å². The lowest BCUT2D eigenvalue weighted by molar-refractivity contribution is -0.137. The molecule has 0 N–H and O–H groups in total. The quantitative estimate of drug-likeness (QED) is 0.473. The zero-order chi connectivity index (χ0) is 14.4. The second-order valence-electron chi connectivity index (χ2n) is 4.68. The molecule has 1 aliphatic heterocycles. The zero-order valence-electron chi connectivity index (χ0n) is 11.4. The zero-order valence-corrected chi connectivity index (χ0v) is 12.2. The smallest absolute Gasteiger partial charge is 0.330 e. The molecule has 20 heavy (non-hydrogen) atoms. The molecule has 0 unspecified atom stereocenters. The molecule has 1 aromatic rings. The van der Waals surface area contributed by atoms with Crippen LogP contribution >= 0.6 is 11.8 Å². The lowest BCUT2D eigenvalue weighted by Crippen LogP contribution is -2.17. The van der Waals surface area contributed by atoms with Gasteiger partial charge in [-0.25, -0.2) is 9.18 Å². The highest BCUT2D eigenvalue weighted by molar-refractivity contribution is 8.02. The number of thioether (sulfide) groups is 1. The molecule has 2 rings (SSSR count). The highest BCUT2D eigenvalue weighted by Crippen LogP contribution is 2.35. The number of benzene rings is 1. The van der Waals surface area contributed by atoms with E-state index < -0.39 is 6.17 Å². The van der Waals surface area contributed by atoms with Gasteiger partial charge in [0.05, 0.1) is 0 Å². The number of hydrogen-bond acceptors (Lipinski definition) is 3. The Kier molecular flexibility index (Phi) is 5.71. The van der Waals surface area contributed by atoms with Crippen LogP contribution in [-0.2, 0) is 9.53 Å². The first-order chi connectivity index (χ1) is 9.69. The first-order valence-electron chi connectivity index (χ1n) is 6.68. The van der Waals surface area contributed by atoms with Crippen molar-refractivity contribution in [2.75, 3.05) is 6.61 Å². The molecule has 1 radical (unpaired) electrons. The van der Waals surface area contributed by atoms with Gasteiger partial charge in [-0.15, -0.1) is 0 Å². The molecule has 0 spiro atoms. The Morgan fingerprint density at radius 3 is 2.90 bits per heavy atom. The van der Waals surface area contributed by atoms with E-state index in [0.29, 0.717) is 6.42 Å². The topological polar surface area (TPSA) is 26.3 Å². The third-order valence-corrected chi connectivity index (χ3v) is 4.74. The van der Waals surface area contributed by atoms with Crippen molar-refractivity contribution >= 4 is 31.1 Å². The maximum atomic E-state index is 13.5. The standard InChI is InChI=1S/C15H17BFO2S/c1-16-15-13(17)9-12(20-15)10-19-14(18)8-7-11-5-3-2-4-6-11/h2-8,12-13,15H,9-10H2,1H3/b8-7+/t12-,13-,15-/m0/s1. The molecule has 2 nitrogen and oxygen atoms in total. The summed E-state index contributed by atoms with van der Waals surface area (Å²) in [5, 5.41) is -0.0150. The van der Waals surface area contributed by atoms with E-state index in [9.17, 15) is 9.18 Å². The molecule has 1 heterocycles. The number of alkyl halides is 1. The van der Waals surface area contributed by atoms with Crippen molar-refractivity contribution in [2.45, 2.75) is 29.8 Å². The molecule has 0 aromatic heterocycles. The lowest BCUT2D eigenvalue weighted by Gasteiger charge is -2.09. The lowest BCUT2D eigenvalue weighted by atomic mass is 9.75. The SMILES string of the molecule is C[B][C@H]1S[C@H](COC(=O)/C=C/c2ccccc2)C[C@@H]1F. The molecule has 1 aliphatic rings. The molecule has 5 heteroatoms. The average Bonchev–Trinajstić information content (AvgIpc) is 2.84. The van der Waals surface area contributed by atoms with Gasteiger partial charge in [0.25, 0.3) is 0 Å². The van der Waals surface area contributed by atoms with Gasteiger partial charge in [-0.1, -0.05) is 37.2 Å². The Bertz CT molecular complexity index is 466. The predicted octanol–water partition coefficient (Wildman–Crippen LogP) is 3.17. The average molecular weight is 291 g/mol. The molecule has 1 fully saturated rings. The first-order valence-corrected chi connectivity index (χ1v) is 7.62. The second-order valence-corrected chi connectivity index (χ2v) is 6.16. The molecule has 0 amide bonds. The van der Waals surface area contributed by atoms with Crippen LogP contribution in [0.1, 0.15) is 12.0 Å². The summed E-state index contributed by atoms with van der Waals surface area (Å²) < 4.78 is 18.7. The van der Waals surface area contributed by atoms with Crippen molar-refractivity contribution in [3.05, 3.63) is 42.0 Å². The largest absolute Gasteiger partial charge is 0.461 e. The van der Waals surface area contributed by atoms with E-state index in [1.807, 2.05) is 44.4 Å². The molecular formula is C15H17BFO2S. The van der Waals surface area contributed by atoms with Crippen LogP contribution < -0.4 is 0 Å². The van der Waals surface area contributed by atoms with Gasteiger partial charge in [-0.05, 0) is 18.1 Å². The van der Waals surface area contributed by atoms with Gasteiger partial charge >= 0.3 is 5.97 Å². The van der Waals surface area contributed by atoms with Gasteiger partial charge in [0, 0.05) is 16.5 Å². The van der Waals surface area contributed by atoms with E-state index in [0.717, 1.165) is 5.56 Å². The molecule has 0 aliphatic carbocycles. The third-order valence-electron chi connectivity index (χ3n) is 3.15. The van der Waals surface area contributed by atoms with Crippen molar-refractivity contribution in [1.29, 1.82) is 0 Å². The van der Waals surface area contributed by atoms with Crippen LogP contribution in [0.15, 0.2) is 36.4 Å². The van der Waals surface area contributed by atoms with Crippen LogP contribution in [-0.4, -0.2) is 36.4 Å². The molecule has 1 aromatic carbocycles. The summed E-state index contributed by atoms with van der Waals surface area (Å²) >= 11 is 1.54. The Morgan fingerprint density at radius 1 is 1.50 bits per heavy atom. The van der Waals surface area contributed by atoms with Crippen LogP contribution in [0.3, 0.4) is 0 Å². The number of ether oxygens (including phenoxy) is 1. The van der Waals surface area contributed by atoms with Gasteiger partial charge in [-0.2, -0.15) is 11.8 Å². The van der Waals surface area contributed by atoms with Crippen LogP contribution in [0.5, 0.6) is 0 Å². The van der Waals surface area contributed by atoms with Gasteiger partial charge in [0.2, 0.25) is 0 Å². The summed E-state index contributed by atoms with van der Waals surface area (Å²) in [6.07, 6.45) is 2.75. The summed E-state index contributed by atoms with van der Waals surface area (Å²) in [6.45, 7) is 2.13. The molecule has 3 atom stereocenters. The Labute approximate surface area is 124 Å². The second kappa shape index (κ2) is 7.53. The summed E-state index contributed by atoms with van der Waals surface area (Å²) in [5.41, 5.74) is 0.948. The number of esters is 1. The predicted molar refractivity (Wildman–Crippen MR) is 82.7 cm³/mol. The van der Waals surface area contributed by atoms with Crippen molar-refractivity contribution in [1.82, 2.24) is 0 Å². The summed E-state index contributed by atoms with van der Waals surface area (Å²) in [6, 6.07) is 9.55. The van der Waals surface area contributed by atoms with Crippen LogP contribution in [0.4, 0.5) is 4.39 Å². The monoisotopic (exact) mass is 291 g/mol. The summed E-state index contributed by atoms with van der Waals surface area (Å²) in [5.74, 6) is -0.381. The number of carbonyl (C=O) groups is 1. The fourth-order valence-electron chi connectivity index (χ4n) is 2.09. The van der Waals surface area contributed by atoms with Gasteiger partial charge in [0.15, 0.2) is 0 Å². The molecule has 0 saturated carbocycles. The highest BCUT2D eigenvalue weighted by Gasteiger charge is 2.34. The van der Waals surface area contributed by atoms with Gasteiger partial charge < -0.3 is 4.74 Å². The Morgan fingerprint density at radius 2 is 2.25 bits per heavy atom. The van der Waals surface area contributed by atoms with Gasteiger partial charge in [-0.3, -0.25) is 0 Å². The normalized spacial score (nSPS) is 25.8. The van der Waals surface area contributed by atoms with E-state index in [1.165, 1.54) is 6.08 Å². The highest BCUT2D eigenvalue weighted by atomic mass is 32.2. The maximum Gasteiger partial charge on any atom is 0.330 e. The molecule has 105 valence electrons. The number of hydrogen-bond donors (Lipinski definition) is 0. The van der Waals surface area contributed by atoms with Crippen molar-refractivity contribution in [3.8, 4) is 0 Å². The minimum Gasteiger partial charge on any atom is -0.461 e. The molecule has 0 bridgehead atoms. The summed E-state index contributed by atoms with van der Waals surface area (Å²) in [7, 11) is 1.87. The fraction of sp³-hybridized carbons (Fsp3) is 0.400. The fourth-order valence-corrected chi connectivity index (χ4v) is 3.42. The Balaban J connectivity index is 1.75. The van der Waals surface area contributed by atoms with E-state index >= 15 is 0 Å². The number of carbonyl (C=O) groups excluding carboxylic acids is 1. The van der Waals surface area contributed by atoms with E-state index in [1.54, 1.807) is 17.8 Å². The molecule has 1 saturated heterocycles. The van der Waals surface area contributed by atoms with Crippen molar-refractivity contribution < 1.29 is 13.9 Å². The van der Waals surface area contributed by atoms with E-state index in [4.69, 9.17) is 4.74 Å². The minimum absolute atomic E-state index is 0.0558. The number of rotatable bonds is 5. The number of halogens is 1. The van der Waals surface area contributed by atoms with E-state index in [-0.39, 0.29) is 23.0 Å². The van der Waals surface area contributed by atoms with Gasteiger partial charge in [0.1, 0.15) is 20.1 Å². The maximum absolute atomic E-state index is 13.5.